The third-order valence-electron chi connectivity index (χ3n) is 2.21. The molecule has 17 heavy (non-hydrogen) atoms. The van der Waals surface area contributed by atoms with Crippen molar-refractivity contribution in [2.75, 3.05) is 20.8 Å². The number of hydrogen-bond acceptors (Lipinski definition) is 3. The number of ether oxygens (including phenoxy) is 2. The van der Waals surface area contributed by atoms with Crippen LogP contribution in [0.3, 0.4) is 0 Å². The van der Waals surface area contributed by atoms with Crippen LogP contribution in [0.15, 0.2) is 18.2 Å². The van der Waals surface area contributed by atoms with Crippen LogP contribution in [0.4, 0.5) is 4.39 Å². The zero-order chi connectivity index (χ0) is 12.8. The third kappa shape index (κ3) is 3.71. The van der Waals surface area contributed by atoms with E-state index < -0.39 is 5.82 Å². The second-order valence-corrected chi connectivity index (χ2v) is 3.68. The molecule has 0 saturated heterocycles. The van der Waals surface area contributed by atoms with Crippen molar-refractivity contribution < 1.29 is 18.7 Å². The first kappa shape index (κ1) is 13.4. The van der Waals surface area contributed by atoms with Crippen LogP contribution >= 0.6 is 0 Å². The smallest absolute Gasteiger partial charge is 0.251 e. The number of carbonyl (C=O) groups is 1. The molecule has 0 heterocycles. The maximum Gasteiger partial charge on any atom is 0.251 e. The van der Waals surface area contributed by atoms with Gasteiger partial charge in [-0.2, -0.15) is 0 Å². The monoisotopic (exact) mass is 241 g/mol. The lowest BCUT2D eigenvalue weighted by Gasteiger charge is -2.13. The van der Waals surface area contributed by atoms with Gasteiger partial charge in [0.15, 0.2) is 11.6 Å². The molecule has 1 rings (SSSR count). The van der Waals surface area contributed by atoms with Gasteiger partial charge in [-0.1, -0.05) is 0 Å². The van der Waals surface area contributed by atoms with Crippen LogP contribution in [0.5, 0.6) is 5.75 Å². The Labute approximate surface area is 99.7 Å². The Hall–Kier alpha value is -1.62. The first-order valence-electron chi connectivity index (χ1n) is 5.21. The summed E-state index contributed by atoms with van der Waals surface area (Å²) >= 11 is 0. The topological polar surface area (TPSA) is 47.6 Å². The minimum atomic E-state index is -0.556. The van der Waals surface area contributed by atoms with Crippen LogP contribution in [-0.4, -0.2) is 32.8 Å². The molecule has 0 unspecified atom stereocenters. The Morgan fingerprint density at radius 1 is 1.47 bits per heavy atom. The van der Waals surface area contributed by atoms with E-state index in [1.54, 1.807) is 14.0 Å². The van der Waals surface area contributed by atoms with E-state index in [4.69, 9.17) is 9.47 Å². The van der Waals surface area contributed by atoms with Gasteiger partial charge in [-0.3, -0.25) is 4.79 Å². The van der Waals surface area contributed by atoms with Crippen LogP contribution in [0.2, 0.25) is 0 Å². The average molecular weight is 241 g/mol. The Bertz CT molecular complexity index is 395. The van der Waals surface area contributed by atoms with Crippen LogP contribution in [0.1, 0.15) is 17.3 Å². The molecule has 0 fully saturated rings. The van der Waals surface area contributed by atoms with Crippen molar-refractivity contribution in [3.05, 3.63) is 29.6 Å². The highest BCUT2D eigenvalue weighted by molar-refractivity contribution is 5.94. The molecule has 94 valence electrons. The molecule has 0 aliphatic carbocycles. The lowest BCUT2D eigenvalue weighted by molar-refractivity contribution is 0.0905. The van der Waals surface area contributed by atoms with Gasteiger partial charge in [-0.05, 0) is 25.1 Å². The molecule has 0 spiro atoms. The predicted molar refractivity (Wildman–Crippen MR) is 61.8 cm³/mol. The minimum Gasteiger partial charge on any atom is -0.494 e. The first-order chi connectivity index (χ1) is 8.08. The van der Waals surface area contributed by atoms with Crippen LogP contribution in [-0.2, 0) is 4.74 Å². The highest BCUT2D eigenvalue weighted by atomic mass is 19.1. The molecule has 4 nitrogen and oxygen atoms in total. The summed E-state index contributed by atoms with van der Waals surface area (Å²) in [6.07, 6.45) is 0. The highest BCUT2D eigenvalue weighted by Crippen LogP contribution is 2.17. The largest absolute Gasteiger partial charge is 0.494 e. The van der Waals surface area contributed by atoms with E-state index in [2.05, 4.69) is 5.32 Å². The molecule has 0 radical (unpaired) electrons. The maximum absolute atomic E-state index is 13.4. The van der Waals surface area contributed by atoms with E-state index in [0.29, 0.717) is 6.61 Å². The van der Waals surface area contributed by atoms with Crippen molar-refractivity contribution in [1.82, 2.24) is 5.32 Å². The van der Waals surface area contributed by atoms with Gasteiger partial charge >= 0.3 is 0 Å². The van der Waals surface area contributed by atoms with E-state index in [0.717, 1.165) is 6.07 Å². The van der Waals surface area contributed by atoms with E-state index in [-0.39, 0.29) is 23.3 Å². The maximum atomic E-state index is 13.4. The Balaban J connectivity index is 2.72. The van der Waals surface area contributed by atoms with Crippen molar-refractivity contribution in [2.24, 2.45) is 0 Å². The number of halogens is 1. The Morgan fingerprint density at radius 2 is 2.18 bits per heavy atom. The molecular formula is C12H16FNO3. The summed E-state index contributed by atoms with van der Waals surface area (Å²) in [4.78, 5) is 11.7. The molecular weight excluding hydrogens is 225 g/mol. The van der Waals surface area contributed by atoms with Gasteiger partial charge < -0.3 is 14.8 Å². The number of nitrogens with one attached hydrogen (secondary N) is 1. The van der Waals surface area contributed by atoms with Crippen molar-refractivity contribution in [1.29, 1.82) is 0 Å². The van der Waals surface area contributed by atoms with Gasteiger partial charge in [0.25, 0.3) is 5.91 Å². The van der Waals surface area contributed by atoms with Gasteiger partial charge in [0.1, 0.15) is 0 Å². The van der Waals surface area contributed by atoms with Crippen LogP contribution in [0, 0.1) is 5.82 Å². The Kier molecular flexibility index (Phi) is 4.90. The summed E-state index contributed by atoms with van der Waals surface area (Å²) in [6, 6.07) is 3.95. The van der Waals surface area contributed by atoms with Gasteiger partial charge in [-0.15, -0.1) is 0 Å². The molecule has 0 aliphatic rings. The second-order valence-electron chi connectivity index (χ2n) is 3.68. The number of methoxy groups -OCH3 is 2. The van der Waals surface area contributed by atoms with Crippen molar-refractivity contribution in [3.63, 3.8) is 0 Å². The van der Waals surface area contributed by atoms with E-state index in [9.17, 15) is 9.18 Å². The molecule has 0 aliphatic heterocycles. The molecule has 0 saturated carbocycles. The molecule has 1 aromatic carbocycles. The lowest BCUT2D eigenvalue weighted by atomic mass is 10.2. The summed E-state index contributed by atoms with van der Waals surface area (Å²) < 4.78 is 23.0. The molecule has 0 bridgehead atoms. The summed E-state index contributed by atoms with van der Waals surface area (Å²) in [5, 5.41) is 2.69. The van der Waals surface area contributed by atoms with E-state index in [1.807, 2.05) is 0 Å². The van der Waals surface area contributed by atoms with Crippen molar-refractivity contribution in [2.45, 2.75) is 13.0 Å². The zero-order valence-electron chi connectivity index (χ0n) is 10.1. The predicted octanol–water partition coefficient (Wildman–Crippen LogP) is 1.60. The fraction of sp³-hybridized carbons (Fsp3) is 0.417. The molecule has 1 N–H and O–H groups in total. The van der Waals surface area contributed by atoms with Crippen LogP contribution in [0.25, 0.3) is 0 Å². The number of amides is 1. The fourth-order valence-corrected chi connectivity index (χ4v) is 1.41. The summed E-state index contributed by atoms with van der Waals surface area (Å²) in [6.45, 7) is 2.21. The van der Waals surface area contributed by atoms with Gasteiger partial charge in [0, 0.05) is 18.7 Å². The number of hydrogen-bond donors (Lipinski definition) is 1. The number of carbonyl (C=O) groups excluding carboxylic acids is 1. The molecule has 1 aromatic rings. The zero-order valence-corrected chi connectivity index (χ0v) is 10.1. The molecule has 1 amide bonds. The SMILES string of the molecule is COC[C@H](C)NC(=O)c1ccc(OC)c(F)c1. The number of rotatable bonds is 5. The molecule has 1 atom stereocenters. The van der Waals surface area contributed by atoms with Gasteiger partial charge in [0.05, 0.1) is 13.7 Å². The Morgan fingerprint density at radius 3 is 2.71 bits per heavy atom. The highest BCUT2D eigenvalue weighted by Gasteiger charge is 2.12. The van der Waals surface area contributed by atoms with Gasteiger partial charge in [-0.25, -0.2) is 4.39 Å². The minimum absolute atomic E-state index is 0.117. The first-order valence-corrected chi connectivity index (χ1v) is 5.21. The number of benzene rings is 1. The van der Waals surface area contributed by atoms with Crippen LogP contribution < -0.4 is 10.1 Å². The summed E-state index contributed by atoms with van der Waals surface area (Å²) in [5.74, 6) is -0.776. The van der Waals surface area contributed by atoms with Crippen molar-refractivity contribution in [3.8, 4) is 5.75 Å². The second kappa shape index (κ2) is 6.20. The fourth-order valence-electron chi connectivity index (χ4n) is 1.41. The third-order valence-corrected chi connectivity index (χ3v) is 2.21. The summed E-state index contributed by atoms with van der Waals surface area (Å²) in [5.41, 5.74) is 0.256. The van der Waals surface area contributed by atoms with E-state index in [1.165, 1.54) is 19.2 Å². The van der Waals surface area contributed by atoms with E-state index >= 15 is 0 Å². The quantitative estimate of drug-likeness (QED) is 0.851. The molecule has 0 aromatic heterocycles. The van der Waals surface area contributed by atoms with Crippen molar-refractivity contribution >= 4 is 5.91 Å². The average Bonchev–Trinajstić information content (AvgIpc) is 2.29. The lowest BCUT2D eigenvalue weighted by Crippen LogP contribution is -2.35. The normalized spacial score (nSPS) is 12.0. The molecule has 5 heteroatoms. The van der Waals surface area contributed by atoms with Gasteiger partial charge in [0.2, 0.25) is 0 Å². The standard InChI is InChI=1S/C12H16FNO3/c1-8(7-16-2)14-12(15)9-4-5-11(17-3)10(13)6-9/h4-6,8H,7H2,1-3H3,(H,14,15)/t8-/m0/s1. The summed E-state index contributed by atoms with van der Waals surface area (Å²) in [7, 11) is 2.93.